The van der Waals surface area contributed by atoms with Crippen molar-refractivity contribution in [3.8, 4) is 0 Å². The molecule has 1 saturated carbocycles. The highest BCUT2D eigenvalue weighted by Gasteiger charge is 2.30. The second-order valence-corrected chi connectivity index (χ2v) is 13.0. The number of hydrogen-bond acceptors (Lipinski definition) is 7. The summed E-state index contributed by atoms with van der Waals surface area (Å²) in [6.07, 6.45) is 7.36. The Labute approximate surface area is 205 Å². The molecule has 33 heavy (non-hydrogen) atoms. The molecule has 1 fully saturated rings. The molecule has 0 spiro atoms. The van der Waals surface area contributed by atoms with Crippen molar-refractivity contribution in [1.29, 1.82) is 0 Å². The lowest BCUT2D eigenvalue weighted by atomic mass is 9.84. The van der Waals surface area contributed by atoms with Crippen LogP contribution in [-0.4, -0.2) is 23.9 Å². The average molecular weight is 526 g/mol. The molecule has 0 saturated heterocycles. The van der Waals surface area contributed by atoms with Gasteiger partial charge in [0.2, 0.25) is 15.7 Å². The number of aromatic nitrogens is 2. The number of anilines is 1. The van der Waals surface area contributed by atoms with Crippen molar-refractivity contribution < 1.29 is 13.2 Å². The molecule has 1 amide bonds. The number of carbonyl (C=O) groups excluding carboxylic acids is 1. The van der Waals surface area contributed by atoms with Crippen molar-refractivity contribution in [1.82, 2.24) is 9.55 Å². The molecule has 1 aliphatic carbocycles. The second kappa shape index (κ2) is 10.1. The number of rotatable bonds is 7. The van der Waals surface area contributed by atoms with E-state index in [1.165, 1.54) is 29.3 Å². The smallest absolute Gasteiger partial charge is 0.252 e. The lowest BCUT2D eigenvalue weighted by Gasteiger charge is -2.28. The minimum atomic E-state index is -3.79. The summed E-state index contributed by atoms with van der Waals surface area (Å²) < 4.78 is 27.9. The number of amides is 1. The third-order valence-corrected chi connectivity index (χ3v) is 10.1. The number of thiophene rings is 1. The summed E-state index contributed by atoms with van der Waals surface area (Å²) in [6.45, 7) is 1.66. The van der Waals surface area contributed by atoms with Crippen molar-refractivity contribution in [2.24, 2.45) is 5.92 Å². The van der Waals surface area contributed by atoms with Crippen molar-refractivity contribution in [2.75, 3.05) is 5.32 Å². The van der Waals surface area contributed by atoms with Gasteiger partial charge in [-0.3, -0.25) is 9.59 Å². The molecule has 176 valence electrons. The summed E-state index contributed by atoms with van der Waals surface area (Å²) >= 11 is 8.19. The summed E-state index contributed by atoms with van der Waals surface area (Å²) in [6, 6.07) is 4.98. The van der Waals surface area contributed by atoms with Crippen LogP contribution >= 0.6 is 34.3 Å². The molecule has 0 aromatic carbocycles. The zero-order chi connectivity index (χ0) is 23.6. The zero-order valence-electron chi connectivity index (χ0n) is 18.0. The number of aryl methyl sites for hydroxylation is 1. The molecule has 7 nitrogen and oxygen atoms in total. The van der Waals surface area contributed by atoms with Crippen molar-refractivity contribution in [3.05, 3.63) is 56.2 Å². The Kier molecular flexibility index (Phi) is 7.37. The van der Waals surface area contributed by atoms with Gasteiger partial charge in [0, 0.05) is 11.8 Å². The second-order valence-electron chi connectivity index (χ2n) is 8.19. The Balaban J connectivity index is 1.71. The van der Waals surface area contributed by atoms with Crippen LogP contribution in [0.1, 0.15) is 50.3 Å². The molecule has 0 bridgehead atoms. The molecule has 1 N–H and O–H groups in total. The van der Waals surface area contributed by atoms with Gasteiger partial charge in [-0.1, -0.05) is 61.1 Å². The third-order valence-electron chi connectivity index (χ3n) is 5.91. The first kappa shape index (κ1) is 24.1. The van der Waals surface area contributed by atoms with Gasteiger partial charge in [-0.2, -0.15) is 0 Å². The van der Waals surface area contributed by atoms with Crippen molar-refractivity contribution in [3.63, 3.8) is 0 Å². The minimum Gasteiger partial charge on any atom is -0.300 e. The molecule has 1 atom stereocenters. The minimum absolute atomic E-state index is 0.0628. The highest BCUT2D eigenvalue weighted by molar-refractivity contribution is 7.93. The Hall–Kier alpha value is -2.01. The van der Waals surface area contributed by atoms with Gasteiger partial charge in [-0.25, -0.2) is 13.4 Å². The molecule has 0 radical (unpaired) electrons. The van der Waals surface area contributed by atoms with Gasteiger partial charge in [0.1, 0.15) is 14.6 Å². The maximum atomic E-state index is 13.3. The van der Waals surface area contributed by atoms with Crippen molar-refractivity contribution >= 4 is 55.2 Å². The van der Waals surface area contributed by atoms with Crippen molar-refractivity contribution in [2.45, 2.75) is 60.6 Å². The van der Waals surface area contributed by atoms with Crippen LogP contribution in [0.5, 0.6) is 0 Å². The van der Waals surface area contributed by atoms with E-state index < -0.39 is 21.4 Å². The number of carbonyl (C=O) groups is 1. The molecular weight excluding hydrogens is 502 g/mol. The monoisotopic (exact) mass is 525 g/mol. The van der Waals surface area contributed by atoms with Gasteiger partial charge in [0.25, 0.3) is 5.56 Å². The standard InChI is InChI=1S/C22H24ClN3O4S3/c1-14-10-16(33(29,30)20-8-5-9-31-20)12-19(27)26(14)17(11-15-6-3-2-4-7-15)21(28)25-22-24-13-18(23)32-22/h5,8-10,12-13,15,17H,2-4,6-7,11H2,1H3,(H,24,25,28). The topological polar surface area (TPSA) is 98.1 Å². The van der Waals surface area contributed by atoms with Gasteiger partial charge in [-0.15, -0.1) is 11.3 Å². The van der Waals surface area contributed by atoms with Gasteiger partial charge < -0.3 is 9.88 Å². The predicted octanol–water partition coefficient (Wildman–Crippen LogP) is 5.31. The molecular formula is C22H24ClN3O4S3. The number of nitrogens with one attached hydrogen (secondary N) is 1. The normalized spacial score (nSPS) is 15.9. The molecule has 1 unspecified atom stereocenters. The predicted molar refractivity (Wildman–Crippen MR) is 131 cm³/mol. The lowest BCUT2D eigenvalue weighted by Crippen LogP contribution is -2.36. The first-order valence-corrected chi connectivity index (χ1v) is 14.3. The third kappa shape index (κ3) is 5.40. The van der Waals surface area contributed by atoms with E-state index in [1.807, 2.05) is 0 Å². The number of nitrogens with zero attached hydrogens (tertiary/aromatic N) is 2. The van der Waals surface area contributed by atoms with Crippen LogP contribution in [0.25, 0.3) is 0 Å². The Morgan fingerprint density at radius 3 is 2.67 bits per heavy atom. The molecule has 3 heterocycles. The zero-order valence-corrected chi connectivity index (χ0v) is 21.2. The number of thiazole rings is 1. The fourth-order valence-electron chi connectivity index (χ4n) is 4.34. The molecule has 4 rings (SSSR count). The fraction of sp³-hybridized carbons (Fsp3) is 0.409. The van der Waals surface area contributed by atoms with Gasteiger partial charge in [0.05, 0.1) is 11.1 Å². The van der Waals surface area contributed by atoms with E-state index in [0.717, 1.165) is 54.4 Å². The molecule has 1 aliphatic rings. The SMILES string of the molecule is Cc1cc(S(=O)(=O)c2cccs2)cc(=O)n1C(CC1CCCCC1)C(=O)Nc1ncc(Cl)s1. The van der Waals surface area contributed by atoms with E-state index in [2.05, 4.69) is 10.3 Å². The van der Waals surface area contributed by atoms with Crippen LogP contribution in [0.4, 0.5) is 5.13 Å². The summed E-state index contributed by atoms with van der Waals surface area (Å²) in [4.78, 5) is 30.5. The number of pyridine rings is 1. The summed E-state index contributed by atoms with van der Waals surface area (Å²) in [7, 11) is -3.79. The first-order valence-electron chi connectivity index (χ1n) is 10.7. The van der Waals surface area contributed by atoms with Crippen LogP contribution in [0, 0.1) is 12.8 Å². The van der Waals surface area contributed by atoms with Gasteiger partial charge in [0.15, 0.2) is 5.13 Å². The summed E-state index contributed by atoms with van der Waals surface area (Å²) in [5, 5.41) is 4.82. The van der Waals surface area contributed by atoms with Crippen LogP contribution < -0.4 is 10.9 Å². The average Bonchev–Trinajstić information content (AvgIpc) is 3.45. The number of sulfone groups is 1. The number of halogens is 1. The first-order chi connectivity index (χ1) is 15.8. The fourth-order valence-corrected chi connectivity index (χ4v) is 7.64. The Morgan fingerprint density at radius 1 is 1.30 bits per heavy atom. The maximum absolute atomic E-state index is 13.3. The summed E-state index contributed by atoms with van der Waals surface area (Å²) in [5.41, 5.74) is -0.0935. The van der Waals surface area contributed by atoms with E-state index in [-0.39, 0.29) is 15.0 Å². The van der Waals surface area contributed by atoms with Gasteiger partial charge in [-0.05, 0) is 36.8 Å². The van der Waals surface area contributed by atoms with Crippen LogP contribution in [0.15, 0.2) is 49.7 Å². The largest absolute Gasteiger partial charge is 0.300 e. The van der Waals surface area contributed by atoms with Crippen LogP contribution in [-0.2, 0) is 14.6 Å². The molecule has 3 aromatic heterocycles. The van der Waals surface area contributed by atoms with E-state index in [9.17, 15) is 18.0 Å². The Morgan fingerprint density at radius 2 is 2.06 bits per heavy atom. The maximum Gasteiger partial charge on any atom is 0.252 e. The lowest BCUT2D eigenvalue weighted by molar-refractivity contribution is -0.120. The van der Waals surface area contributed by atoms with Crippen LogP contribution in [0.3, 0.4) is 0 Å². The van der Waals surface area contributed by atoms with E-state index in [4.69, 9.17) is 11.6 Å². The quantitative estimate of drug-likeness (QED) is 0.450. The van der Waals surface area contributed by atoms with E-state index >= 15 is 0 Å². The highest BCUT2D eigenvalue weighted by atomic mass is 35.5. The number of hydrogen-bond donors (Lipinski definition) is 1. The molecule has 11 heteroatoms. The highest BCUT2D eigenvalue weighted by Crippen LogP contribution is 2.33. The Bertz CT molecular complexity index is 1290. The molecule has 0 aliphatic heterocycles. The van der Waals surface area contributed by atoms with E-state index in [1.54, 1.807) is 18.4 Å². The summed E-state index contributed by atoms with van der Waals surface area (Å²) in [5.74, 6) is -0.0409. The van der Waals surface area contributed by atoms with Gasteiger partial charge >= 0.3 is 0 Å². The van der Waals surface area contributed by atoms with Crippen LogP contribution in [0.2, 0.25) is 4.34 Å². The van der Waals surface area contributed by atoms with E-state index in [0.29, 0.717) is 27.5 Å². The molecule has 3 aromatic rings.